The number of likely N-dealkylation sites (N-methyl/N-ethyl adjacent to an activating group) is 1. The SMILES string of the molecule is CN(CC1CCCCN1)C(=O)c1ccc(C(F)(F)F)nc1. The standard InChI is InChI=1S/C14H18F3N3O/c1-20(9-11-4-2-3-7-18-11)13(21)10-5-6-12(19-8-10)14(15,16)17/h5-6,8,11,18H,2-4,7,9H2,1H3. The Labute approximate surface area is 121 Å². The molecule has 7 heteroatoms. The summed E-state index contributed by atoms with van der Waals surface area (Å²) in [5.41, 5.74) is -0.822. The van der Waals surface area contributed by atoms with Crippen molar-refractivity contribution in [3.05, 3.63) is 29.6 Å². The Morgan fingerprint density at radius 1 is 1.43 bits per heavy atom. The van der Waals surface area contributed by atoms with Gasteiger partial charge in [0.25, 0.3) is 5.91 Å². The highest BCUT2D eigenvalue weighted by Gasteiger charge is 2.32. The molecule has 0 bridgehead atoms. The molecule has 0 saturated carbocycles. The van der Waals surface area contributed by atoms with Gasteiger partial charge < -0.3 is 10.2 Å². The van der Waals surface area contributed by atoms with E-state index in [2.05, 4.69) is 10.3 Å². The average molecular weight is 301 g/mol. The molecule has 1 fully saturated rings. The van der Waals surface area contributed by atoms with Gasteiger partial charge in [-0.15, -0.1) is 0 Å². The van der Waals surface area contributed by atoms with Crippen molar-refractivity contribution in [1.82, 2.24) is 15.2 Å². The lowest BCUT2D eigenvalue weighted by atomic mass is 10.0. The molecule has 0 radical (unpaired) electrons. The van der Waals surface area contributed by atoms with E-state index in [1.165, 1.54) is 11.0 Å². The number of pyridine rings is 1. The van der Waals surface area contributed by atoms with Crippen molar-refractivity contribution in [3.8, 4) is 0 Å². The predicted octanol–water partition coefficient (Wildman–Crippen LogP) is 2.31. The summed E-state index contributed by atoms with van der Waals surface area (Å²) in [7, 11) is 1.65. The highest BCUT2D eigenvalue weighted by Crippen LogP contribution is 2.27. The predicted molar refractivity (Wildman–Crippen MR) is 71.8 cm³/mol. The quantitative estimate of drug-likeness (QED) is 0.932. The third kappa shape index (κ3) is 4.17. The molecule has 1 amide bonds. The fraction of sp³-hybridized carbons (Fsp3) is 0.571. The van der Waals surface area contributed by atoms with Crippen LogP contribution in [0.25, 0.3) is 0 Å². The minimum atomic E-state index is -4.49. The van der Waals surface area contributed by atoms with Crippen molar-refractivity contribution in [2.75, 3.05) is 20.1 Å². The molecule has 1 N–H and O–H groups in total. The number of alkyl halides is 3. The number of amides is 1. The van der Waals surface area contributed by atoms with Gasteiger partial charge in [0, 0.05) is 25.8 Å². The zero-order valence-corrected chi connectivity index (χ0v) is 11.8. The molecule has 0 aliphatic carbocycles. The minimum Gasteiger partial charge on any atom is -0.340 e. The zero-order valence-electron chi connectivity index (χ0n) is 11.8. The molecule has 1 aromatic rings. The highest BCUT2D eigenvalue weighted by atomic mass is 19.4. The minimum absolute atomic E-state index is 0.168. The van der Waals surface area contributed by atoms with E-state index >= 15 is 0 Å². The number of hydrogen-bond acceptors (Lipinski definition) is 3. The van der Waals surface area contributed by atoms with Crippen molar-refractivity contribution in [1.29, 1.82) is 0 Å². The van der Waals surface area contributed by atoms with Crippen LogP contribution in [0.5, 0.6) is 0 Å². The van der Waals surface area contributed by atoms with Crippen LogP contribution in [0.4, 0.5) is 13.2 Å². The number of nitrogens with zero attached hydrogens (tertiary/aromatic N) is 2. The summed E-state index contributed by atoms with van der Waals surface area (Å²) in [5, 5.41) is 3.33. The number of aromatic nitrogens is 1. The second-order valence-electron chi connectivity index (χ2n) is 5.26. The van der Waals surface area contributed by atoms with Crippen LogP contribution in [0.1, 0.15) is 35.3 Å². The topological polar surface area (TPSA) is 45.2 Å². The van der Waals surface area contributed by atoms with E-state index in [-0.39, 0.29) is 17.5 Å². The smallest absolute Gasteiger partial charge is 0.340 e. The lowest BCUT2D eigenvalue weighted by molar-refractivity contribution is -0.141. The summed E-state index contributed by atoms with van der Waals surface area (Å²) in [4.78, 5) is 17.0. The molecule has 1 aromatic heterocycles. The van der Waals surface area contributed by atoms with Gasteiger partial charge in [-0.2, -0.15) is 13.2 Å². The molecule has 21 heavy (non-hydrogen) atoms. The molecule has 2 rings (SSSR count). The van der Waals surface area contributed by atoms with Crippen molar-refractivity contribution in [2.45, 2.75) is 31.5 Å². The summed E-state index contributed by atoms with van der Waals surface area (Å²) >= 11 is 0. The van der Waals surface area contributed by atoms with Crippen molar-refractivity contribution in [2.24, 2.45) is 0 Å². The van der Waals surface area contributed by atoms with Crippen molar-refractivity contribution in [3.63, 3.8) is 0 Å². The Bertz CT molecular complexity index is 481. The van der Waals surface area contributed by atoms with Crippen LogP contribution in [0, 0.1) is 0 Å². The maximum absolute atomic E-state index is 12.4. The van der Waals surface area contributed by atoms with Crippen LogP contribution in [0.15, 0.2) is 18.3 Å². The van der Waals surface area contributed by atoms with Gasteiger partial charge in [0.2, 0.25) is 0 Å². The largest absolute Gasteiger partial charge is 0.433 e. The molecule has 1 saturated heterocycles. The molecule has 0 spiro atoms. The summed E-state index contributed by atoms with van der Waals surface area (Å²) in [5.74, 6) is -0.316. The lowest BCUT2D eigenvalue weighted by Gasteiger charge is -2.28. The number of hydrogen-bond donors (Lipinski definition) is 1. The molecule has 1 atom stereocenters. The summed E-state index contributed by atoms with van der Waals surface area (Å²) < 4.78 is 37.3. The van der Waals surface area contributed by atoms with Gasteiger partial charge in [-0.1, -0.05) is 6.42 Å². The number of piperidine rings is 1. The van der Waals surface area contributed by atoms with Crippen LogP contribution < -0.4 is 5.32 Å². The average Bonchev–Trinajstić information content (AvgIpc) is 2.46. The maximum atomic E-state index is 12.4. The maximum Gasteiger partial charge on any atom is 0.433 e. The Balaban J connectivity index is 1.98. The molecule has 116 valence electrons. The van der Waals surface area contributed by atoms with E-state index in [4.69, 9.17) is 0 Å². The summed E-state index contributed by atoms with van der Waals surface area (Å²) in [6.07, 6.45) is -0.239. The van der Waals surface area contributed by atoms with Crippen LogP contribution in [-0.4, -0.2) is 42.0 Å². The third-order valence-electron chi connectivity index (χ3n) is 3.55. The van der Waals surface area contributed by atoms with E-state index < -0.39 is 11.9 Å². The number of rotatable bonds is 3. The molecular formula is C14H18F3N3O. The first-order chi connectivity index (χ1) is 9.88. The molecule has 2 heterocycles. The second kappa shape index (κ2) is 6.43. The molecule has 1 aliphatic heterocycles. The van der Waals surface area contributed by atoms with E-state index in [0.29, 0.717) is 6.54 Å². The second-order valence-corrected chi connectivity index (χ2v) is 5.26. The molecule has 4 nitrogen and oxygen atoms in total. The lowest BCUT2D eigenvalue weighted by Crippen LogP contribution is -2.44. The number of carbonyl (C=O) groups excluding carboxylic acids is 1. The Morgan fingerprint density at radius 2 is 2.19 bits per heavy atom. The number of nitrogens with one attached hydrogen (secondary N) is 1. The first-order valence-corrected chi connectivity index (χ1v) is 6.90. The first-order valence-electron chi connectivity index (χ1n) is 6.90. The van der Waals surface area contributed by atoms with Crippen LogP contribution in [0.3, 0.4) is 0 Å². The van der Waals surface area contributed by atoms with Crippen LogP contribution >= 0.6 is 0 Å². The van der Waals surface area contributed by atoms with Gasteiger partial charge in [-0.25, -0.2) is 0 Å². The van der Waals surface area contributed by atoms with Gasteiger partial charge in [0.15, 0.2) is 0 Å². The molecule has 0 aromatic carbocycles. The fourth-order valence-corrected chi connectivity index (χ4v) is 2.40. The van der Waals surface area contributed by atoms with Crippen molar-refractivity contribution < 1.29 is 18.0 Å². The van der Waals surface area contributed by atoms with Crippen LogP contribution in [0.2, 0.25) is 0 Å². The fourth-order valence-electron chi connectivity index (χ4n) is 2.40. The van der Waals surface area contributed by atoms with E-state index in [1.807, 2.05) is 0 Å². The highest BCUT2D eigenvalue weighted by molar-refractivity contribution is 5.93. The molecular weight excluding hydrogens is 283 g/mol. The number of carbonyl (C=O) groups is 1. The third-order valence-corrected chi connectivity index (χ3v) is 3.55. The first kappa shape index (κ1) is 15.8. The normalized spacial score (nSPS) is 19.3. The van der Waals surface area contributed by atoms with Crippen LogP contribution in [-0.2, 0) is 6.18 Å². The van der Waals surface area contributed by atoms with Gasteiger partial charge in [-0.3, -0.25) is 9.78 Å². The van der Waals surface area contributed by atoms with Gasteiger partial charge in [-0.05, 0) is 31.5 Å². The summed E-state index contributed by atoms with van der Waals surface area (Å²) in [6, 6.07) is 2.25. The van der Waals surface area contributed by atoms with Gasteiger partial charge in [0.05, 0.1) is 5.56 Å². The molecule has 1 aliphatic rings. The zero-order chi connectivity index (χ0) is 15.5. The van der Waals surface area contributed by atoms with Gasteiger partial charge in [0.1, 0.15) is 5.69 Å². The van der Waals surface area contributed by atoms with E-state index in [1.54, 1.807) is 7.05 Å². The van der Waals surface area contributed by atoms with Crippen molar-refractivity contribution >= 4 is 5.91 Å². The monoisotopic (exact) mass is 301 g/mol. The van der Waals surface area contributed by atoms with Gasteiger partial charge >= 0.3 is 6.18 Å². The number of halogens is 3. The van der Waals surface area contributed by atoms with E-state index in [0.717, 1.165) is 38.1 Å². The summed E-state index contributed by atoms with van der Waals surface area (Å²) in [6.45, 7) is 1.48. The Hall–Kier alpha value is -1.63. The van der Waals surface area contributed by atoms with E-state index in [9.17, 15) is 18.0 Å². The Kier molecular flexibility index (Phi) is 4.82. The Morgan fingerprint density at radius 3 is 2.71 bits per heavy atom. The molecule has 1 unspecified atom stereocenters.